The third-order valence-corrected chi connectivity index (χ3v) is 5.57. The second-order valence-electron chi connectivity index (χ2n) is 10.4. The number of likely N-dealkylation sites (tertiary alicyclic amines) is 1. The maximum Gasteiger partial charge on any atom is 0.323 e. The molecular formula is C24H46N2O3. The van der Waals surface area contributed by atoms with Gasteiger partial charge in [0.05, 0.1) is 12.6 Å². The second-order valence-corrected chi connectivity index (χ2v) is 10.4. The summed E-state index contributed by atoms with van der Waals surface area (Å²) in [6, 6.07) is -0.0390. The molecular weight excluding hydrogens is 364 g/mol. The number of carbonyl (C=O) groups excluding carboxylic acids is 2. The summed E-state index contributed by atoms with van der Waals surface area (Å²) in [7, 11) is 0. The van der Waals surface area contributed by atoms with Gasteiger partial charge in [-0.05, 0) is 57.8 Å². The highest BCUT2D eigenvalue weighted by molar-refractivity contribution is 5.84. The number of hydrogen-bond donors (Lipinski definition) is 1. The van der Waals surface area contributed by atoms with Crippen molar-refractivity contribution in [3.05, 3.63) is 0 Å². The van der Waals surface area contributed by atoms with Gasteiger partial charge >= 0.3 is 5.97 Å². The van der Waals surface area contributed by atoms with Crippen LogP contribution in [0.15, 0.2) is 0 Å². The van der Waals surface area contributed by atoms with Crippen LogP contribution in [0.1, 0.15) is 100 Å². The van der Waals surface area contributed by atoms with Crippen LogP contribution in [0.2, 0.25) is 0 Å². The molecule has 5 nitrogen and oxygen atoms in total. The molecule has 1 heterocycles. The van der Waals surface area contributed by atoms with Gasteiger partial charge in [0.2, 0.25) is 5.91 Å². The van der Waals surface area contributed by atoms with Crippen molar-refractivity contribution in [3.63, 3.8) is 0 Å². The predicted octanol–water partition coefficient (Wildman–Crippen LogP) is 4.93. The lowest BCUT2D eigenvalue weighted by Gasteiger charge is -2.35. The normalized spacial score (nSPS) is 26.1. The zero-order chi connectivity index (χ0) is 22.2. The molecule has 0 radical (unpaired) electrons. The molecule has 1 saturated carbocycles. The first kappa shape index (κ1) is 25.9. The molecule has 1 aliphatic carbocycles. The molecule has 5 heteroatoms. The van der Waals surface area contributed by atoms with E-state index in [0.717, 1.165) is 19.3 Å². The number of hydrogen-bond acceptors (Lipinski definition) is 4. The van der Waals surface area contributed by atoms with Crippen LogP contribution in [0.4, 0.5) is 0 Å². The molecule has 29 heavy (non-hydrogen) atoms. The number of carbonyl (C=O) groups is 2. The van der Waals surface area contributed by atoms with Crippen molar-refractivity contribution in [2.24, 2.45) is 11.3 Å². The van der Waals surface area contributed by atoms with E-state index >= 15 is 0 Å². The Morgan fingerprint density at radius 2 is 1.72 bits per heavy atom. The molecule has 0 aromatic carbocycles. The van der Waals surface area contributed by atoms with Gasteiger partial charge in [0.15, 0.2) is 0 Å². The Morgan fingerprint density at radius 3 is 2.28 bits per heavy atom. The fourth-order valence-corrected chi connectivity index (χ4v) is 4.49. The van der Waals surface area contributed by atoms with Gasteiger partial charge in [-0.3, -0.25) is 14.9 Å². The summed E-state index contributed by atoms with van der Waals surface area (Å²) in [4.78, 5) is 27.2. The maximum absolute atomic E-state index is 13.0. The van der Waals surface area contributed by atoms with Crippen molar-refractivity contribution >= 4 is 11.9 Å². The predicted molar refractivity (Wildman–Crippen MR) is 120 cm³/mol. The monoisotopic (exact) mass is 410 g/mol. The van der Waals surface area contributed by atoms with E-state index in [1.54, 1.807) is 0 Å². The van der Waals surface area contributed by atoms with E-state index in [9.17, 15) is 9.59 Å². The topological polar surface area (TPSA) is 58.6 Å². The minimum atomic E-state index is -0.394. The van der Waals surface area contributed by atoms with Crippen molar-refractivity contribution in [2.75, 3.05) is 6.61 Å². The van der Waals surface area contributed by atoms with Crippen LogP contribution in [0.5, 0.6) is 0 Å². The van der Waals surface area contributed by atoms with Crippen molar-refractivity contribution in [2.45, 2.75) is 125 Å². The number of nitrogens with zero attached hydrogens (tertiary/aromatic N) is 1. The lowest BCUT2D eigenvalue weighted by Crippen LogP contribution is -2.54. The summed E-state index contributed by atoms with van der Waals surface area (Å²) in [5.41, 5.74) is 0.500. The SMILES string of the molecule is CC(C)(C)C.CCC[C@H](N[C@H](C)C(=O)N1C2CCCCC2C[C@H]1C)C(=O)OCC. The third-order valence-electron chi connectivity index (χ3n) is 5.57. The highest BCUT2D eigenvalue weighted by Crippen LogP contribution is 2.39. The Balaban J connectivity index is 0.000000749. The number of amides is 1. The van der Waals surface area contributed by atoms with Gasteiger partial charge in [-0.1, -0.05) is 53.9 Å². The number of nitrogens with one attached hydrogen (secondary N) is 1. The number of fused-ring (bicyclic) bond motifs is 1. The average Bonchev–Trinajstić information content (AvgIpc) is 2.95. The molecule has 0 aromatic heterocycles. The van der Waals surface area contributed by atoms with Gasteiger partial charge in [-0.15, -0.1) is 0 Å². The molecule has 2 unspecified atom stereocenters. The smallest absolute Gasteiger partial charge is 0.323 e. The minimum absolute atomic E-state index is 0.141. The Kier molecular flexibility index (Phi) is 10.7. The van der Waals surface area contributed by atoms with Gasteiger partial charge in [-0.2, -0.15) is 0 Å². The van der Waals surface area contributed by atoms with E-state index in [2.05, 4.69) is 44.8 Å². The van der Waals surface area contributed by atoms with Crippen LogP contribution in [0.25, 0.3) is 0 Å². The van der Waals surface area contributed by atoms with Crippen LogP contribution < -0.4 is 5.32 Å². The zero-order valence-corrected chi connectivity index (χ0v) is 20.2. The highest BCUT2D eigenvalue weighted by Gasteiger charge is 2.43. The molecule has 2 rings (SSSR count). The van der Waals surface area contributed by atoms with Crippen molar-refractivity contribution in [3.8, 4) is 0 Å². The van der Waals surface area contributed by atoms with Gasteiger partial charge < -0.3 is 9.64 Å². The van der Waals surface area contributed by atoms with Crippen LogP contribution >= 0.6 is 0 Å². The number of ether oxygens (including phenoxy) is 1. The van der Waals surface area contributed by atoms with Crippen LogP contribution in [-0.4, -0.2) is 47.6 Å². The molecule has 1 amide bonds. The van der Waals surface area contributed by atoms with E-state index < -0.39 is 6.04 Å². The van der Waals surface area contributed by atoms with Gasteiger partial charge in [0.25, 0.3) is 0 Å². The highest BCUT2D eigenvalue weighted by atomic mass is 16.5. The summed E-state index contributed by atoms with van der Waals surface area (Å²) in [6.45, 7) is 17.0. The molecule has 1 N–H and O–H groups in total. The second kappa shape index (κ2) is 11.9. The summed E-state index contributed by atoms with van der Waals surface area (Å²) >= 11 is 0. The molecule has 0 spiro atoms. The molecule has 0 aromatic rings. The fraction of sp³-hybridized carbons (Fsp3) is 0.917. The van der Waals surface area contributed by atoms with E-state index in [1.165, 1.54) is 19.3 Å². The fourth-order valence-electron chi connectivity index (χ4n) is 4.49. The van der Waals surface area contributed by atoms with Gasteiger partial charge in [-0.25, -0.2) is 0 Å². The Labute approximate surface area is 179 Å². The van der Waals surface area contributed by atoms with E-state index in [1.807, 2.05) is 20.8 Å². The summed E-state index contributed by atoms with van der Waals surface area (Å²) < 4.78 is 5.14. The lowest BCUT2D eigenvalue weighted by molar-refractivity contribution is -0.146. The number of esters is 1. The lowest BCUT2D eigenvalue weighted by atomic mass is 9.85. The van der Waals surface area contributed by atoms with Crippen molar-refractivity contribution < 1.29 is 14.3 Å². The molecule has 5 atom stereocenters. The molecule has 2 aliphatic rings. The molecule has 170 valence electrons. The van der Waals surface area contributed by atoms with Crippen LogP contribution in [0.3, 0.4) is 0 Å². The van der Waals surface area contributed by atoms with Crippen molar-refractivity contribution in [1.82, 2.24) is 10.2 Å². The molecule has 2 fully saturated rings. The molecule has 1 saturated heterocycles. The Hall–Kier alpha value is -1.10. The quantitative estimate of drug-likeness (QED) is 0.605. The Bertz CT molecular complexity index is 509. The van der Waals surface area contributed by atoms with E-state index in [4.69, 9.17) is 4.74 Å². The van der Waals surface area contributed by atoms with Gasteiger partial charge in [0.1, 0.15) is 6.04 Å². The Morgan fingerprint density at radius 1 is 1.14 bits per heavy atom. The number of rotatable bonds is 7. The largest absolute Gasteiger partial charge is 0.465 e. The third kappa shape index (κ3) is 8.65. The first-order valence-electron chi connectivity index (χ1n) is 11.7. The molecule has 0 bridgehead atoms. The first-order valence-corrected chi connectivity index (χ1v) is 11.7. The van der Waals surface area contributed by atoms with E-state index in [0.29, 0.717) is 36.4 Å². The summed E-state index contributed by atoms with van der Waals surface area (Å²) in [5.74, 6) is 0.563. The molecule has 1 aliphatic heterocycles. The maximum atomic E-state index is 13.0. The van der Waals surface area contributed by atoms with Gasteiger partial charge in [0, 0.05) is 12.1 Å². The van der Waals surface area contributed by atoms with Crippen LogP contribution in [0, 0.1) is 11.3 Å². The summed E-state index contributed by atoms with van der Waals surface area (Å²) in [6.07, 6.45) is 7.59. The van der Waals surface area contributed by atoms with E-state index in [-0.39, 0.29) is 17.9 Å². The first-order chi connectivity index (χ1) is 13.5. The van der Waals surface area contributed by atoms with Crippen LogP contribution in [-0.2, 0) is 14.3 Å². The minimum Gasteiger partial charge on any atom is -0.465 e. The van der Waals surface area contributed by atoms with Crippen molar-refractivity contribution in [1.29, 1.82) is 0 Å². The standard InChI is InChI=1S/C19H34N2O3.C5H12/c1-5-9-16(19(23)24-6-2)20-14(4)18(22)21-13(3)12-15-10-7-8-11-17(15)21;1-5(2,3)4/h13-17,20H,5-12H2,1-4H3;1-4H3/t13-,14-,15?,16+,17?;/m1./s1. The zero-order valence-electron chi connectivity index (χ0n) is 20.2. The average molecular weight is 411 g/mol. The summed E-state index contributed by atoms with van der Waals surface area (Å²) in [5, 5.41) is 3.23.